The zero-order valence-corrected chi connectivity index (χ0v) is 15.6. The van der Waals surface area contributed by atoms with Crippen molar-refractivity contribution in [2.24, 2.45) is 0 Å². The van der Waals surface area contributed by atoms with Gasteiger partial charge in [-0.05, 0) is 46.3 Å². The predicted molar refractivity (Wildman–Crippen MR) is 97.0 cm³/mol. The Morgan fingerprint density at radius 1 is 1.29 bits per heavy atom. The molecule has 0 bridgehead atoms. The number of benzene rings is 1. The minimum Gasteiger partial charge on any atom is -0.351 e. The number of nitrogens with one attached hydrogen (secondary N) is 1. The lowest BCUT2D eigenvalue weighted by atomic mass is 10.2. The van der Waals surface area contributed by atoms with E-state index in [1.165, 1.54) is 4.88 Å². The molecule has 112 valence electrons. The van der Waals surface area contributed by atoms with Crippen LogP contribution in [0.2, 0.25) is 10.0 Å². The molecule has 21 heavy (non-hydrogen) atoms. The van der Waals surface area contributed by atoms with Crippen molar-refractivity contribution in [3.8, 4) is 0 Å². The van der Waals surface area contributed by atoms with Gasteiger partial charge < -0.3 is 5.32 Å². The molecule has 0 saturated heterocycles. The third kappa shape index (κ3) is 5.49. The Hall–Kier alpha value is -0.200. The average Bonchev–Trinajstić information content (AvgIpc) is 2.86. The summed E-state index contributed by atoms with van der Waals surface area (Å²) in [5.74, 6) is 1.60. The summed E-state index contributed by atoms with van der Waals surface area (Å²) >= 11 is 18.8. The van der Waals surface area contributed by atoms with E-state index in [1.807, 2.05) is 6.07 Å². The van der Waals surface area contributed by atoms with Crippen LogP contribution in [-0.4, -0.2) is 18.2 Å². The van der Waals surface area contributed by atoms with Gasteiger partial charge in [0.1, 0.15) is 0 Å². The van der Waals surface area contributed by atoms with Crippen molar-refractivity contribution in [3.05, 3.63) is 54.6 Å². The fourth-order valence-corrected chi connectivity index (χ4v) is 4.43. The van der Waals surface area contributed by atoms with Crippen LogP contribution in [-0.2, 0) is 5.75 Å². The van der Waals surface area contributed by atoms with Gasteiger partial charge in [0, 0.05) is 28.0 Å². The minimum atomic E-state index is -0.193. The van der Waals surface area contributed by atoms with E-state index in [1.54, 1.807) is 41.3 Å². The van der Waals surface area contributed by atoms with E-state index in [0.29, 0.717) is 22.2 Å². The second-order valence-corrected chi connectivity index (χ2v) is 8.63. The molecule has 1 amide bonds. The summed E-state index contributed by atoms with van der Waals surface area (Å²) in [6.07, 6.45) is 0. The molecule has 0 unspecified atom stereocenters. The zero-order chi connectivity index (χ0) is 15.2. The third-order valence-corrected chi connectivity index (χ3v) is 5.96. The third-order valence-electron chi connectivity index (χ3n) is 2.58. The molecule has 1 N–H and O–H groups in total. The number of amides is 1. The molecule has 0 saturated carbocycles. The Morgan fingerprint density at radius 3 is 2.81 bits per heavy atom. The summed E-state index contributed by atoms with van der Waals surface area (Å²) in [7, 11) is 0. The van der Waals surface area contributed by atoms with Crippen LogP contribution >= 0.6 is 62.2 Å². The van der Waals surface area contributed by atoms with Crippen molar-refractivity contribution in [1.29, 1.82) is 0 Å². The Bertz CT molecular complexity index is 633. The topological polar surface area (TPSA) is 29.1 Å². The van der Waals surface area contributed by atoms with Gasteiger partial charge in [-0.3, -0.25) is 4.79 Å². The van der Waals surface area contributed by atoms with Gasteiger partial charge in [-0.2, -0.15) is 11.8 Å². The molecule has 0 spiro atoms. The quantitative estimate of drug-likeness (QED) is 0.622. The Kier molecular flexibility index (Phi) is 6.89. The maximum Gasteiger partial charge on any atom is 0.252 e. The largest absolute Gasteiger partial charge is 0.351 e. The van der Waals surface area contributed by atoms with Crippen LogP contribution < -0.4 is 5.32 Å². The van der Waals surface area contributed by atoms with Crippen LogP contribution in [0.4, 0.5) is 0 Å². The number of halogens is 3. The highest BCUT2D eigenvalue weighted by Gasteiger charge is 2.10. The second-order valence-electron chi connectivity index (χ2n) is 4.14. The first kappa shape index (κ1) is 17.2. The maximum atomic E-state index is 12.0. The molecule has 2 nitrogen and oxygen atoms in total. The molecular formula is C14H12BrCl2NOS2. The molecule has 7 heteroatoms. The number of carbonyl (C=O) groups excluding carboxylic acids is 1. The molecule has 2 aromatic rings. The molecule has 1 aromatic heterocycles. The molecule has 0 aliphatic rings. The minimum absolute atomic E-state index is 0.193. The van der Waals surface area contributed by atoms with Gasteiger partial charge in [0.05, 0.1) is 14.4 Å². The average molecular weight is 425 g/mol. The molecular weight excluding hydrogens is 413 g/mol. The van der Waals surface area contributed by atoms with Gasteiger partial charge in [0.15, 0.2) is 0 Å². The number of carbonyl (C=O) groups is 1. The van der Waals surface area contributed by atoms with Gasteiger partial charge in [0.25, 0.3) is 5.91 Å². The van der Waals surface area contributed by atoms with Crippen LogP contribution in [0.3, 0.4) is 0 Å². The molecule has 0 aliphatic carbocycles. The summed E-state index contributed by atoms with van der Waals surface area (Å²) in [5, 5.41) is 3.76. The summed E-state index contributed by atoms with van der Waals surface area (Å²) < 4.78 is 1.14. The van der Waals surface area contributed by atoms with E-state index in [0.717, 1.165) is 15.3 Å². The van der Waals surface area contributed by atoms with E-state index in [-0.39, 0.29) is 5.91 Å². The normalized spacial score (nSPS) is 10.6. The van der Waals surface area contributed by atoms with Crippen LogP contribution in [0.15, 0.2) is 34.1 Å². The van der Waals surface area contributed by atoms with Gasteiger partial charge in [-0.25, -0.2) is 0 Å². The highest BCUT2D eigenvalue weighted by Crippen LogP contribution is 2.25. The number of thiophene rings is 1. The first-order chi connectivity index (χ1) is 10.1. The van der Waals surface area contributed by atoms with Gasteiger partial charge >= 0.3 is 0 Å². The van der Waals surface area contributed by atoms with Crippen molar-refractivity contribution in [2.75, 3.05) is 12.3 Å². The maximum absolute atomic E-state index is 12.0. The predicted octanol–water partition coefficient (Wildman–Crippen LogP) is 5.48. The van der Waals surface area contributed by atoms with Crippen molar-refractivity contribution in [3.63, 3.8) is 0 Å². The standard InChI is InChI=1S/C14H12BrCl2NOS2/c15-13-4-2-10(21-13)8-20-6-5-18-14(19)11-7-9(16)1-3-12(11)17/h1-4,7H,5-6,8H2,(H,18,19). The monoisotopic (exact) mass is 423 g/mol. The Morgan fingerprint density at radius 2 is 2.10 bits per heavy atom. The SMILES string of the molecule is O=C(NCCSCc1ccc(Br)s1)c1cc(Cl)ccc1Cl. The van der Waals surface area contributed by atoms with E-state index < -0.39 is 0 Å². The molecule has 0 aliphatic heterocycles. The first-order valence-electron chi connectivity index (χ1n) is 6.11. The molecule has 0 radical (unpaired) electrons. The van der Waals surface area contributed by atoms with Gasteiger partial charge in [-0.15, -0.1) is 11.3 Å². The number of hydrogen-bond donors (Lipinski definition) is 1. The van der Waals surface area contributed by atoms with Crippen molar-refractivity contribution < 1.29 is 4.79 Å². The first-order valence-corrected chi connectivity index (χ1v) is 9.63. The molecule has 0 fully saturated rings. The van der Waals surface area contributed by atoms with E-state index in [9.17, 15) is 4.79 Å². The number of rotatable bonds is 6. The van der Waals surface area contributed by atoms with Crippen molar-refractivity contribution in [1.82, 2.24) is 5.32 Å². The van der Waals surface area contributed by atoms with Crippen LogP contribution in [0, 0.1) is 0 Å². The van der Waals surface area contributed by atoms with Crippen molar-refractivity contribution in [2.45, 2.75) is 5.75 Å². The lowest BCUT2D eigenvalue weighted by molar-refractivity contribution is 0.0956. The second kappa shape index (κ2) is 8.44. The molecule has 1 heterocycles. The fourth-order valence-electron chi connectivity index (χ4n) is 1.61. The number of hydrogen-bond acceptors (Lipinski definition) is 3. The summed E-state index contributed by atoms with van der Waals surface area (Å²) in [6, 6.07) is 9.02. The van der Waals surface area contributed by atoms with E-state index in [4.69, 9.17) is 23.2 Å². The van der Waals surface area contributed by atoms with Crippen LogP contribution in [0.1, 0.15) is 15.2 Å². The number of thioether (sulfide) groups is 1. The summed E-state index contributed by atoms with van der Waals surface area (Å²) in [6.45, 7) is 0.596. The summed E-state index contributed by atoms with van der Waals surface area (Å²) in [5.41, 5.74) is 0.413. The smallest absolute Gasteiger partial charge is 0.252 e. The Labute approximate surface area is 150 Å². The highest BCUT2D eigenvalue weighted by molar-refractivity contribution is 9.11. The fraction of sp³-hybridized carbons (Fsp3) is 0.214. The highest BCUT2D eigenvalue weighted by atomic mass is 79.9. The van der Waals surface area contributed by atoms with Gasteiger partial charge in [0.2, 0.25) is 0 Å². The van der Waals surface area contributed by atoms with Crippen LogP contribution in [0.25, 0.3) is 0 Å². The zero-order valence-electron chi connectivity index (χ0n) is 10.9. The lowest BCUT2D eigenvalue weighted by Gasteiger charge is -2.07. The lowest BCUT2D eigenvalue weighted by Crippen LogP contribution is -2.26. The van der Waals surface area contributed by atoms with Gasteiger partial charge in [-0.1, -0.05) is 23.2 Å². The Balaban J connectivity index is 1.73. The van der Waals surface area contributed by atoms with Crippen LogP contribution in [0.5, 0.6) is 0 Å². The van der Waals surface area contributed by atoms with Crippen molar-refractivity contribution >= 4 is 68.1 Å². The molecule has 1 aromatic carbocycles. The molecule has 2 rings (SSSR count). The van der Waals surface area contributed by atoms with E-state index in [2.05, 4.69) is 27.3 Å². The van der Waals surface area contributed by atoms with E-state index >= 15 is 0 Å². The summed E-state index contributed by atoms with van der Waals surface area (Å²) in [4.78, 5) is 13.3. The molecule has 0 atom stereocenters.